The van der Waals surface area contributed by atoms with Crippen LogP contribution in [0.15, 0.2) is 6.07 Å². The topological polar surface area (TPSA) is 59.6 Å². The Labute approximate surface area is 122 Å². The first-order valence-electron chi connectivity index (χ1n) is 6.28. The van der Waals surface area contributed by atoms with Crippen molar-refractivity contribution in [1.29, 1.82) is 0 Å². The molecular weight excluding hydrogens is 289 g/mol. The van der Waals surface area contributed by atoms with Gasteiger partial charge >= 0.3 is 0 Å². The zero-order valence-electron chi connectivity index (χ0n) is 10.5. The molecule has 1 aromatic rings. The Morgan fingerprint density at radius 1 is 1.32 bits per heavy atom. The molecular formula is C12H17Cl2N3O2. The number of β-amino-alcohol motifs (C(OH)–C–C–N with tert-alkyl or cyclic N) is 1. The van der Waals surface area contributed by atoms with Crippen molar-refractivity contribution in [2.45, 2.75) is 6.42 Å². The van der Waals surface area contributed by atoms with E-state index < -0.39 is 0 Å². The summed E-state index contributed by atoms with van der Waals surface area (Å²) in [6, 6.07) is 1.56. The van der Waals surface area contributed by atoms with Gasteiger partial charge in [-0.15, -0.1) is 0 Å². The van der Waals surface area contributed by atoms with E-state index in [2.05, 4.69) is 9.88 Å². The molecule has 1 aliphatic heterocycles. The molecule has 0 radical (unpaired) electrons. The number of carbonyl (C=O) groups is 1. The quantitative estimate of drug-likeness (QED) is 0.889. The molecule has 2 rings (SSSR count). The van der Waals surface area contributed by atoms with Gasteiger partial charge in [0.1, 0.15) is 10.8 Å². The first-order valence-corrected chi connectivity index (χ1v) is 7.04. The lowest BCUT2D eigenvalue weighted by molar-refractivity contribution is 0.0755. The minimum atomic E-state index is -0.0837. The highest BCUT2D eigenvalue weighted by atomic mass is 35.5. The van der Waals surface area contributed by atoms with Crippen molar-refractivity contribution in [2.24, 2.45) is 0 Å². The average molecular weight is 306 g/mol. The van der Waals surface area contributed by atoms with Crippen molar-refractivity contribution in [3.63, 3.8) is 0 Å². The summed E-state index contributed by atoms with van der Waals surface area (Å²) in [5, 5.41) is 9.60. The Kier molecular flexibility index (Phi) is 5.10. The van der Waals surface area contributed by atoms with Gasteiger partial charge in [0.15, 0.2) is 0 Å². The van der Waals surface area contributed by atoms with E-state index in [1.807, 2.05) is 0 Å². The number of aliphatic hydroxyl groups is 1. The number of rotatable bonds is 3. The molecule has 0 aromatic carbocycles. The summed E-state index contributed by atoms with van der Waals surface area (Å²) in [5.41, 5.74) is 0.422. The predicted molar refractivity (Wildman–Crippen MR) is 74.9 cm³/mol. The number of amides is 1. The van der Waals surface area contributed by atoms with Gasteiger partial charge in [0.05, 0.1) is 11.6 Å². The summed E-state index contributed by atoms with van der Waals surface area (Å²) >= 11 is 11.7. The van der Waals surface area contributed by atoms with Gasteiger partial charge in [0.2, 0.25) is 0 Å². The normalized spacial score (nSPS) is 17.5. The van der Waals surface area contributed by atoms with Gasteiger partial charge < -0.3 is 15.0 Å². The summed E-state index contributed by atoms with van der Waals surface area (Å²) in [5.74, 6) is -0.0837. The summed E-state index contributed by atoms with van der Waals surface area (Å²) in [6.45, 7) is 3.82. The highest BCUT2D eigenvalue weighted by molar-refractivity contribution is 6.41. The second kappa shape index (κ2) is 6.61. The van der Waals surface area contributed by atoms with E-state index in [0.717, 1.165) is 19.5 Å². The molecule has 0 unspecified atom stereocenters. The number of nitrogens with one attached hydrogen (secondary N) is 1. The van der Waals surface area contributed by atoms with Crippen LogP contribution >= 0.6 is 23.2 Å². The number of aromatic amines is 1. The highest BCUT2D eigenvalue weighted by Crippen LogP contribution is 2.22. The van der Waals surface area contributed by atoms with Crippen molar-refractivity contribution >= 4 is 29.1 Å². The molecule has 0 spiro atoms. The van der Waals surface area contributed by atoms with Crippen molar-refractivity contribution in [2.75, 3.05) is 39.3 Å². The monoisotopic (exact) mass is 305 g/mol. The third-order valence-corrected chi connectivity index (χ3v) is 3.94. The van der Waals surface area contributed by atoms with Gasteiger partial charge in [-0.2, -0.15) is 0 Å². The number of hydrogen-bond acceptors (Lipinski definition) is 3. The van der Waals surface area contributed by atoms with Crippen molar-refractivity contribution in [3.8, 4) is 0 Å². The van der Waals surface area contributed by atoms with E-state index in [1.165, 1.54) is 0 Å². The summed E-state index contributed by atoms with van der Waals surface area (Å²) in [7, 11) is 0. The third-order valence-electron chi connectivity index (χ3n) is 3.25. The highest BCUT2D eigenvalue weighted by Gasteiger charge is 2.21. The number of carbonyl (C=O) groups excluding carboxylic acids is 1. The minimum Gasteiger partial charge on any atom is -0.395 e. The fourth-order valence-electron chi connectivity index (χ4n) is 2.23. The Morgan fingerprint density at radius 3 is 2.74 bits per heavy atom. The van der Waals surface area contributed by atoms with E-state index in [1.54, 1.807) is 11.0 Å². The number of hydrogen-bond donors (Lipinski definition) is 2. The smallest absolute Gasteiger partial charge is 0.270 e. The maximum absolute atomic E-state index is 12.3. The van der Waals surface area contributed by atoms with Crippen molar-refractivity contribution in [1.82, 2.24) is 14.8 Å². The van der Waals surface area contributed by atoms with Gasteiger partial charge in [-0.05, 0) is 19.0 Å². The lowest BCUT2D eigenvalue weighted by Gasteiger charge is -2.21. The predicted octanol–water partition coefficient (Wildman–Crippen LogP) is 1.46. The zero-order chi connectivity index (χ0) is 13.8. The van der Waals surface area contributed by atoms with Crippen LogP contribution in [0.5, 0.6) is 0 Å². The number of aliphatic hydroxyl groups excluding tert-OH is 1. The van der Waals surface area contributed by atoms with Crippen LogP contribution in [0.2, 0.25) is 10.2 Å². The maximum atomic E-state index is 12.3. The van der Waals surface area contributed by atoms with Crippen LogP contribution in [-0.4, -0.2) is 65.1 Å². The molecule has 2 heterocycles. The fraction of sp³-hybridized carbons (Fsp3) is 0.583. The van der Waals surface area contributed by atoms with Crippen LogP contribution in [0.4, 0.5) is 0 Å². The van der Waals surface area contributed by atoms with Gasteiger partial charge in [-0.3, -0.25) is 9.69 Å². The van der Waals surface area contributed by atoms with Crippen LogP contribution in [0.3, 0.4) is 0 Å². The SMILES string of the molecule is O=C(c1cc(Cl)c(Cl)[nH]1)N1CCCN(CCO)CC1. The first-order chi connectivity index (χ1) is 9.11. The number of nitrogens with zero attached hydrogens (tertiary/aromatic N) is 2. The van der Waals surface area contributed by atoms with Crippen LogP contribution < -0.4 is 0 Å². The lowest BCUT2D eigenvalue weighted by atomic mass is 10.3. The van der Waals surface area contributed by atoms with E-state index >= 15 is 0 Å². The molecule has 1 amide bonds. The molecule has 106 valence electrons. The van der Waals surface area contributed by atoms with Crippen LogP contribution in [0.1, 0.15) is 16.9 Å². The largest absolute Gasteiger partial charge is 0.395 e. The Hall–Kier alpha value is -0.750. The Morgan fingerprint density at radius 2 is 2.11 bits per heavy atom. The molecule has 19 heavy (non-hydrogen) atoms. The van der Waals surface area contributed by atoms with Gasteiger partial charge in [-0.1, -0.05) is 23.2 Å². The zero-order valence-corrected chi connectivity index (χ0v) is 12.0. The Bertz CT molecular complexity index is 431. The molecule has 0 bridgehead atoms. The van der Waals surface area contributed by atoms with Gasteiger partial charge in [-0.25, -0.2) is 0 Å². The molecule has 1 saturated heterocycles. The molecule has 0 saturated carbocycles. The van der Waals surface area contributed by atoms with Gasteiger partial charge in [0, 0.05) is 26.2 Å². The second-order valence-electron chi connectivity index (χ2n) is 4.56. The van der Waals surface area contributed by atoms with E-state index in [0.29, 0.717) is 35.5 Å². The number of aromatic nitrogens is 1. The van der Waals surface area contributed by atoms with E-state index in [4.69, 9.17) is 28.3 Å². The van der Waals surface area contributed by atoms with E-state index in [9.17, 15) is 4.79 Å². The molecule has 1 aromatic heterocycles. The van der Waals surface area contributed by atoms with E-state index in [-0.39, 0.29) is 12.5 Å². The lowest BCUT2D eigenvalue weighted by Crippen LogP contribution is -2.36. The van der Waals surface area contributed by atoms with Gasteiger partial charge in [0.25, 0.3) is 5.91 Å². The number of halogens is 2. The molecule has 2 N–H and O–H groups in total. The summed E-state index contributed by atoms with van der Waals surface area (Å²) in [4.78, 5) is 19.0. The molecule has 0 atom stereocenters. The molecule has 1 fully saturated rings. The van der Waals surface area contributed by atoms with Crippen LogP contribution in [0.25, 0.3) is 0 Å². The average Bonchev–Trinajstić information content (AvgIpc) is 2.61. The van der Waals surface area contributed by atoms with Crippen LogP contribution in [0, 0.1) is 0 Å². The summed E-state index contributed by atoms with van der Waals surface area (Å²) < 4.78 is 0. The number of H-pyrrole nitrogens is 1. The Balaban J connectivity index is 1.99. The van der Waals surface area contributed by atoms with Crippen molar-refractivity contribution < 1.29 is 9.90 Å². The standard InChI is InChI=1S/C12H17Cl2N3O2/c13-9-8-10(15-11(9)14)12(19)17-3-1-2-16(4-5-17)6-7-18/h8,15,18H,1-7H2. The molecule has 7 heteroatoms. The third kappa shape index (κ3) is 3.63. The van der Waals surface area contributed by atoms with Crippen molar-refractivity contribution in [3.05, 3.63) is 21.9 Å². The molecule has 0 aliphatic carbocycles. The maximum Gasteiger partial charge on any atom is 0.270 e. The second-order valence-corrected chi connectivity index (χ2v) is 5.34. The fourth-order valence-corrected chi connectivity index (χ4v) is 2.54. The van der Waals surface area contributed by atoms with Crippen LogP contribution in [-0.2, 0) is 0 Å². The first kappa shape index (κ1) is 14.7. The minimum absolute atomic E-state index is 0.0837. The molecule has 1 aliphatic rings. The molecule has 5 nitrogen and oxygen atoms in total. The summed E-state index contributed by atoms with van der Waals surface area (Å²) in [6.07, 6.45) is 0.897.